The van der Waals surface area contributed by atoms with Crippen molar-refractivity contribution >= 4 is 6.04 Å². The first-order valence-electron chi connectivity index (χ1n) is 12.4. The van der Waals surface area contributed by atoms with Gasteiger partial charge in [0.25, 0.3) is 6.04 Å². The van der Waals surface area contributed by atoms with Gasteiger partial charge >= 0.3 is 37.1 Å². The molecule has 0 rings (SSSR count). The van der Waals surface area contributed by atoms with Crippen LogP contribution in [0.4, 0.5) is 132 Å². The molecule has 0 N–H and O–H groups in total. The maximum atomic E-state index is 10.9. The zero-order valence-corrected chi connectivity index (χ0v) is 29.5. The van der Waals surface area contributed by atoms with Crippen LogP contribution in [-0.4, -0.2) is 138 Å². The van der Waals surface area contributed by atoms with Gasteiger partial charge in [0.15, 0.2) is 46.9 Å². The van der Waals surface area contributed by atoms with Crippen molar-refractivity contribution in [3.63, 3.8) is 0 Å². The average molecular weight is 948 g/mol. The van der Waals surface area contributed by atoms with Gasteiger partial charge in [-0.25, -0.2) is 35.1 Å². The quantitative estimate of drug-likeness (QED) is 0.209. The van der Waals surface area contributed by atoms with Crippen molar-refractivity contribution in [3.8, 4) is 0 Å². The lowest BCUT2D eigenvalue weighted by atomic mass is 10.8. The number of hydrogen-bond acceptors (Lipinski definition) is 4. The van der Waals surface area contributed by atoms with E-state index in [1.807, 2.05) is 0 Å². The molecule has 0 fully saturated rings. The Morgan fingerprint density at radius 3 is 0.526 bits per heavy atom. The molecule has 34 heteroatoms. The molecule has 0 spiro atoms. The molecule has 0 aliphatic rings. The lowest BCUT2D eigenvalue weighted by Gasteiger charge is -1.93. The largest absolute Gasteiger partial charge is 0.416 e. The maximum absolute atomic E-state index is 10.9. The summed E-state index contributed by atoms with van der Waals surface area (Å²) >= 11 is 0. The second-order valence-corrected chi connectivity index (χ2v) is 6.46. The zero-order valence-electron chi connectivity index (χ0n) is 29.5. The van der Waals surface area contributed by atoms with Crippen LogP contribution in [0.15, 0.2) is 0 Å². The van der Waals surface area contributed by atoms with E-state index in [4.69, 9.17) is 4.79 Å². The van der Waals surface area contributed by atoms with Gasteiger partial charge in [-0.3, -0.25) is 13.6 Å². The first-order valence-corrected chi connectivity index (χ1v) is 12.4. The summed E-state index contributed by atoms with van der Waals surface area (Å²) in [5.74, 6) is 0. The molecule has 0 aromatic heterocycles. The predicted molar refractivity (Wildman–Crippen MR) is 142 cm³/mol. The van der Waals surface area contributed by atoms with E-state index in [0.29, 0.717) is 7.18 Å². The van der Waals surface area contributed by atoms with Crippen LogP contribution in [-0.2, 0) is 19.2 Å². The van der Waals surface area contributed by atoms with Gasteiger partial charge in [0.2, 0.25) is 0 Å². The van der Waals surface area contributed by atoms with Crippen molar-refractivity contribution in [3.05, 3.63) is 0 Å². The van der Waals surface area contributed by atoms with Gasteiger partial charge < -0.3 is 9.47 Å². The predicted octanol–water partition coefficient (Wildman–Crippen LogP) is 12.9. The van der Waals surface area contributed by atoms with E-state index in [9.17, 15) is 132 Å². The summed E-state index contributed by atoms with van der Waals surface area (Å²) in [6, 6.07) is -1.33. The lowest BCUT2D eigenvalue weighted by molar-refractivity contribution is -0.142. The summed E-state index contributed by atoms with van der Waals surface area (Å²) in [5, 5.41) is 0. The number of ether oxygens (including phenoxy) is 2. The van der Waals surface area contributed by atoms with Crippen molar-refractivity contribution in [2.24, 2.45) is 0 Å². The molecule has 0 saturated heterocycles. The fraction of sp³-hybridized carbons (Fsp3) is 0.957. The zero-order chi connectivity index (χ0) is 49.8. The third-order valence-corrected chi connectivity index (χ3v) is 1.30. The highest BCUT2D eigenvalue weighted by Gasteiger charge is 2.28. The average Bonchev–Trinajstić information content (AvgIpc) is 3.06. The third kappa shape index (κ3) is 416. The van der Waals surface area contributed by atoms with E-state index in [0.717, 1.165) is 14.0 Å². The van der Waals surface area contributed by atoms with Crippen LogP contribution < -0.4 is 0 Å². The van der Waals surface area contributed by atoms with E-state index >= 15 is 0 Å². The number of halogens is 30. The summed E-state index contributed by atoms with van der Waals surface area (Å²) in [6.45, 7) is -12.1. The van der Waals surface area contributed by atoms with E-state index in [1.54, 1.807) is 0 Å². The minimum absolute atomic E-state index is 0.222. The summed E-state index contributed by atoms with van der Waals surface area (Å²) in [5.41, 5.74) is 0. The van der Waals surface area contributed by atoms with Gasteiger partial charge in [-0.15, -0.1) is 0 Å². The highest BCUT2D eigenvalue weighted by Crippen LogP contribution is 2.16. The van der Waals surface area contributed by atoms with Gasteiger partial charge in [-0.1, -0.05) is 0 Å². The molecular formula is C23H38F30O4. The second kappa shape index (κ2) is 60.1. The van der Waals surface area contributed by atoms with Gasteiger partial charge in [-0.2, -0.15) is 88.4 Å². The van der Waals surface area contributed by atoms with Crippen LogP contribution >= 0.6 is 0 Å². The molecule has 0 heterocycles. The fourth-order valence-electron chi connectivity index (χ4n) is 0.0772. The smallest absolute Gasteiger partial charge is 0.382 e. The van der Waals surface area contributed by atoms with Crippen LogP contribution in [0.1, 0.15) is 13.8 Å². The lowest BCUT2D eigenvalue weighted by Crippen LogP contribution is -2.08. The molecular weight excluding hydrogens is 910 g/mol. The molecule has 4 nitrogen and oxygen atoms in total. The van der Waals surface area contributed by atoms with Gasteiger partial charge in [0, 0.05) is 21.1 Å². The normalized spacial score (nSPS) is 10.0. The monoisotopic (exact) mass is 948 g/mol. The molecule has 0 unspecified atom stereocenters. The minimum Gasteiger partial charge on any atom is -0.382 e. The van der Waals surface area contributed by atoms with E-state index < -0.39 is 90.0 Å². The van der Waals surface area contributed by atoms with Gasteiger partial charge in [-0.05, 0) is 11.4 Å². The van der Waals surface area contributed by atoms with Crippen molar-refractivity contribution in [1.29, 1.82) is 0 Å². The highest BCUT2D eigenvalue weighted by atomic mass is 19.4. The Morgan fingerprint density at radius 2 is 0.526 bits per heavy atom. The highest BCUT2D eigenvalue weighted by molar-refractivity contribution is 5.64. The number of rotatable bonds is 3. The number of carbonyl (C=O) groups excluding carboxylic acids is 1. The Kier molecular flexibility index (Phi) is 91.1. The van der Waals surface area contributed by atoms with E-state index in [2.05, 4.69) is 14.4 Å². The Balaban J connectivity index is -0.0000000392. The minimum atomic E-state index is -4.62. The first-order chi connectivity index (χ1) is 25.3. The van der Waals surface area contributed by atoms with Crippen LogP contribution in [0.2, 0.25) is 0 Å². The first kappa shape index (κ1) is 86.3. The molecule has 0 aromatic rings. The number of carbonyl (C=O) groups is 1. The summed E-state index contributed by atoms with van der Waals surface area (Å²) in [6.07, 6.45) is -27.8. The van der Waals surface area contributed by atoms with Crippen molar-refractivity contribution in [2.75, 3.05) is 95.4 Å². The van der Waals surface area contributed by atoms with Crippen molar-refractivity contribution in [1.82, 2.24) is 0 Å². The Labute approximate surface area is 304 Å². The van der Waals surface area contributed by atoms with E-state index in [-0.39, 0.29) is 20.0 Å². The number of methoxy groups -OCH3 is 2. The molecule has 57 heavy (non-hydrogen) atoms. The SMILES string of the molecule is CC(=O)F.CCF.CF.COCCF.COCF.COF.FCC(F)(F)F.FCC(F)(F)F.FCC(F)(F)F.FCC(F)(F)F.FCC(F)(F)F.FCC(F)(F)F. The molecule has 364 valence electrons. The number of alkyl halides is 28. The molecule has 0 saturated carbocycles. The summed E-state index contributed by atoms with van der Waals surface area (Å²) < 4.78 is 319. The fourth-order valence-corrected chi connectivity index (χ4v) is 0.0772. The Bertz CT molecular complexity index is 530. The molecule has 0 bridgehead atoms. The summed E-state index contributed by atoms with van der Waals surface area (Å²) in [7, 11) is 4.24. The van der Waals surface area contributed by atoms with Crippen molar-refractivity contribution < 1.29 is 151 Å². The number of hydrogen-bond donors (Lipinski definition) is 0. The molecule has 0 atom stereocenters. The van der Waals surface area contributed by atoms with E-state index in [1.165, 1.54) is 21.1 Å². The Morgan fingerprint density at radius 1 is 0.439 bits per heavy atom. The maximum Gasteiger partial charge on any atom is 0.416 e. The van der Waals surface area contributed by atoms with Crippen LogP contribution in [0.3, 0.4) is 0 Å². The molecule has 0 amide bonds. The third-order valence-electron chi connectivity index (χ3n) is 1.30. The van der Waals surface area contributed by atoms with Gasteiger partial charge in [0.1, 0.15) is 6.67 Å². The summed E-state index contributed by atoms with van der Waals surface area (Å²) in [4.78, 5) is 11.5. The second-order valence-electron chi connectivity index (χ2n) is 6.46. The van der Waals surface area contributed by atoms with Gasteiger partial charge in [0.05, 0.1) is 27.6 Å². The standard InChI is InChI=1S/C3H7FO.6C2H2F4.C2H5FO.C2H3FO.C2H5F.CH3FO.CH3F/c1-5-3-2-4;6*3-1-2(4,5)6;1-4-2-3;1-2(3)4;1-2-3;1-3-2;1-2/h2-3H2,1H3;6*1H2;2H2,1H3;1H3;2H2,1H3;1H3;1H3. The van der Waals surface area contributed by atoms with Crippen LogP contribution in [0.5, 0.6) is 0 Å². The molecule has 0 aliphatic heterocycles. The topological polar surface area (TPSA) is 44.8 Å². The molecule has 0 aliphatic carbocycles. The van der Waals surface area contributed by atoms with Crippen molar-refractivity contribution in [2.45, 2.75) is 50.9 Å². The molecule has 0 radical (unpaired) electrons. The molecule has 0 aromatic carbocycles. The van der Waals surface area contributed by atoms with Crippen LogP contribution in [0, 0.1) is 0 Å². The van der Waals surface area contributed by atoms with Crippen LogP contribution in [0.25, 0.3) is 0 Å². The Hall–Kier alpha value is -2.55.